The number of anilines is 1. The number of fused-ring (bicyclic) bond motifs is 1. The number of carbonyl (C=O) groups excluding carboxylic acids is 1. The Morgan fingerprint density at radius 3 is 2.85 bits per heavy atom. The van der Waals surface area contributed by atoms with Crippen LogP contribution in [0.15, 0.2) is 42.5 Å². The van der Waals surface area contributed by atoms with E-state index in [1.807, 2.05) is 30.3 Å². The number of benzene rings is 2. The summed E-state index contributed by atoms with van der Waals surface area (Å²) in [5.41, 5.74) is 4.45. The van der Waals surface area contributed by atoms with Crippen LogP contribution in [0.4, 0.5) is 5.69 Å². The van der Waals surface area contributed by atoms with Gasteiger partial charge in [-0.15, -0.1) is 0 Å². The molecule has 0 saturated carbocycles. The molecule has 0 unspecified atom stereocenters. The molecule has 1 heterocycles. The summed E-state index contributed by atoms with van der Waals surface area (Å²) in [5.74, 6) is 0.864. The number of ether oxygens (including phenoxy) is 1. The summed E-state index contributed by atoms with van der Waals surface area (Å²) in [6.45, 7) is 2.62. The van der Waals surface area contributed by atoms with Gasteiger partial charge in [0.05, 0.1) is 0 Å². The Kier molecular flexibility index (Phi) is 3.42. The summed E-state index contributed by atoms with van der Waals surface area (Å²) in [7, 11) is 0. The molecule has 20 heavy (non-hydrogen) atoms. The van der Waals surface area contributed by atoms with E-state index in [2.05, 4.69) is 24.4 Å². The van der Waals surface area contributed by atoms with E-state index >= 15 is 0 Å². The number of rotatable bonds is 3. The van der Waals surface area contributed by atoms with Gasteiger partial charge in [0.25, 0.3) is 0 Å². The average molecular weight is 267 g/mol. The van der Waals surface area contributed by atoms with Gasteiger partial charge in [-0.1, -0.05) is 30.3 Å². The summed E-state index contributed by atoms with van der Waals surface area (Å²) >= 11 is 0. The molecule has 3 nitrogen and oxygen atoms in total. The number of hydrogen-bond acceptors (Lipinski definition) is 2. The van der Waals surface area contributed by atoms with Crippen LogP contribution in [-0.2, 0) is 17.8 Å². The highest BCUT2D eigenvalue weighted by atomic mass is 16.5. The molecule has 1 aliphatic rings. The fourth-order valence-corrected chi connectivity index (χ4v) is 2.37. The lowest BCUT2D eigenvalue weighted by atomic mass is 10.0. The number of nitrogens with one attached hydrogen (secondary N) is 1. The minimum Gasteiger partial charge on any atom is -0.489 e. The van der Waals surface area contributed by atoms with Crippen molar-refractivity contribution in [1.29, 1.82) is 0 Å². The quantitative estimate of drug-likeness (QED) is 0.924. The number of amides is 1. The smallest absolute Gasteiger partial charge is 0.224 e. The molecule has 0 spiro atoms. The van der Waals surface area contributed by atoms with Gasteiger partial charge < -0.3 is 10.1 Å². The summed E-state index contributed by atoms with van der Waals surface area (Å²) in [6, 6.07) is 14.1. The minimum atomic E-state index is 0.0774. The van der Waals surface area contributed by atoms with Crippen LogP contribution in [0.2, 0.25) is 0 Å². The largest absolute Gasteiger partial charge is 0.489 e. The zero-order chi connectivity index (χ0) is 13.9. The van der Waals surface area contributed by atoms with Gasteiger partial charge in [-0.05, 0) is 36.1 Å². The third-order valence-electron chi connectivity index (χ3n) is 3.63. The third-order valence-corrected chi connectivity index (χ3v) is 3.63. The van der Waals surface area contributed by atoms with E-state index in [9.17, 15) is 4.79 Å². The average Bonchev–Trinajstić information content (AvgIpc) is 2.46. The molecule has 0 radical (unpaired) electrons. The highest BCUT2D eigenvalue weighted by Gasteiger charge is 2.15. The third kappa shape index (κ3) is 2.67. The summed E-state index contributed by atoms with van der Waals surface area (Å²) in [5, 5.41) is 2.89. The van der Waals surface area contributed by atoms with Crippen molar-refractivity contribution >= 4 is 11.6 Å². The molecule has 0 saturated heterocycles. The van der Waals surface area contributed by atoms with E-state index in [-0.39, 0.29) is 5.91 Å². The Bertz CT molecular complexity index is 649. The number of hydrogen-bond donors (Lipinski definition) is 1. The molecule has 0 atom stereocenters. The lowest BCUT2D eigenvalue weighted by molar-refractivity contribution is -0.116. The van der Waals surface area contributed by atoms with E-state index in [1.54, 1.807) is 0 Å². The van der Waals surface area contributed by atoms with Gasteiger partial charge in [0, 0.05) is 18.2 Å². The highest BCUT2D eigenvalue weighted by Crippen LogP contribution is 2.27. The second-order valence-electron chi connectivity index (χ2n) is 5.08. The number of carbonyl (C=O) groups is 1. The second kappa shape index (κ2) is 5.37. The van der Waals surface area contributed by atoms with E-state index in [0.717, 1.165) is 17.9 Å². The van der Waals surface area contributed by atoms with E-state index in [4.69, 9.17) is 4.74 Å². The zero-order valence-electron chi connectivity index (χ0n) is 11.5. The first-order valence-electron chi connectivity index (χ1n) is 6.82. The van der Waals surface area contributed by atoms with Crippen molar-refractivity contribution in [2.45, 2.75) is 26.4 Å². The van der Waals surface area contributed by atoms with Crippen molar-refractivity contribution in [1.82, 2.24) is 0 Å². The predicted molar refractivity (Wildman–Crippen MR) is 78.9 cm³/mol. The fourth-order valence-electron chi connectivity index (χ4n) is 2.37. The lowest BCUT2D eigenvalue weighted by Gasteiger charge is -2.18. The maximum Gasteiger partial charge on any atom is 0.224 e. The summed E-state index contributed by atoms with van der Waals surface area (Å²) in [6.07, 6.45) is 1.37. The molecule has 1 N–H and O–H groups in total. The van der Waals surface area contributed by atoms with Crippen molar-refractivity contribution in [2.24, 2.45) is 0 Å². The molecule has 2 aromatic carbocycles. The molecule has 3 heteroatoms. The van der Waals surface area contributed by atoms with Crippen LogP contribution in [0.1, 0.15) is 23.1 Å². The lowest BCUT2D eigenvalue weighted by Crippen LogP contribution is -2.18. The fraction of sp³-hybridized carbons (Fsp3) is 0.235. The molecule has 0 bridgehead atoms. The molecule has 0 fully saturated rings. The van der Waals surface area contributed by atoms with Crippen molar-refractivity contribution in [2.75, 3.05) is 5.32 Å². The molecular formula is C17H17NO2. The maximum atomic E-state index is 11.4. The van der Waals surface area contributed by atoms with Crippen molar-refractivity contribution in [3.05, 3.63) is 59.2 Å². The Morgan fingerprint density at radius 2 is 2.00 bits per heavy atom. The zero-order valence-corrected chi connectivity index (χ0v) is 11.5. The van der Waals surface area contributed by atoms with E-state index < -0.39 is 0 Å². The van der Waals surface area contributed by atoms with Gasteiger partial charge >= 0.3 is 0 Å². The SMILES string of the molecule is Cc1ccccc1COc1ccc2c(c1)NC(=O)CC2. The van der Waals surface area contributed by atoms with Crippen molar-refractivity contribution in [3.63, 3.8) is 0 Å². The first kappa shape index (κ1) is 12.7. The van der Waals surface area contributed by atoms with Crippen molar-refractivity contribution in [3.8, 4) is 5.75 Å². The Hall–Kier alpha value is -2.29. The van der Waals surface area contributed by atoms with Gasteiger partial charge in [-0.2, -0.15) is 0 Å². The van der Waals surface area contributed by atoms with Gasteiger partial charge in [0.15, 0.2) is 0 Å². The molecule has 3 rings (SSSR count). The maximum absolute atomic E-state index is 11.4. The van der Waals surface area contributed by atoms with Crippen LogP contribution in [0.3, 0.4) is 0 Å². The van der Waals surface area contributed by atoms with E-state index in [0.29, 0.717) is 13.0 Å². The monoisotopic (exact) mass is 267 g/mol. The normalized spacial score (nSPS) is 13.6. The van der Waals surface area contributed by atoms with Crippen molar-refractivity contribution < 1.29 is 9.53 Å². The van der Waals surface area contributed by atoms with Gasteiger partial charge in [0.1, 0.15) is 12.4 Å². The Morgan fingerprint density at radius 1 is 1.15 bits per heavy atom. The van der Waals surface area contributed by atoms with Crippen LogP contribution in [-0.4, -0.2) is 5.91 Å². The number of aryl methyl sites for hydroxylation is 2. The molecule has 0 aromatic heterocycles. The topological polar surface area (TPSA) is 38.3 Å². The Labute approximate surface area is 118 Å². The minimum absolute atomic E-state index is 0.0774. The molecule has 1 amide bonds. The predicted octanol–water partition coefficient (Wildman–Crippen LogP) is 3.46. The standard InChI is InChI=1S/C17H17NO2/c1-12-4-2-3-5-14(12)11-20-15-8-6-13-7-9-17(19)18-16(13)10-15/h2-6,8,10H,7,9,11H2,1H3,(H,18,19). The van der Waals surface area contributed by atoms with Crippen LogP contribution in [0.5, 0.6) is 5.75 Å². The van der Waals surface area contributed by atoms with Crippen LogP contribution in [0.25, 0.3) is 0 Å². The second-order valence-corrected chi connectivity index (χ2v) is 5.08. The van der Waals surface area contributed by atoms with Crippen LogP contribution < -0.4 is 10.1 Å². The molecule has 1 aliphatic heterocycles. The molecule has 0 aliphatic carbocycles. The molecular weight excluding hydrogens is 250 g/mol. The summed E-state index contributed by atoms with van der Waals surface area (Å²) < 4.78 is 5.82. The highest BCUT2D eigenvalue weighted by molar-refractivity contribution is 5.94. The van der Waals surface area contributed by atoms with E-state index in [1.165, 1.54) is 16.7 Å². The van der Waals surface area contributed by atoms with Crippen LogP contribution >= 0.6 is 0 Å². The summed E-state index contributed by atoms with van der Waals surface area (Å²) in [4.78, 5) is 11.4. The van der Waals surface area contributed by atoms with Crippen LogP contribution in [0, 0.1) is 6.92 Å². The first-order chi connectivity index (χ1) is 9.72. The van der Waals surface area contributed by atoms with Gasteiger partial charge in [-0.3, -0.25) is 4.79 Å². The Balaban J connectivity index is 1.74. The van der Waals surface area contributed by atoms with Gasteiger partial charge in [0.2, 0.25) is 5.91 Å². The first-order valence-corrected chi connectivity index (χ1v) is 6.82. The molecule has 2 aromatic rings. The molecule has 102 valence electrons. The van der Waals surface area contributed by atoms with Gasteiger partial charge in [-0.25, -0.2) is 0 Å².